The van der Waals surface area contributed by atoms with E-state index in [9.17, 15) is 13.2 Å². The van der Waals surface area contributed by atoms with Crippen LogP contribution in [0.2, 0.25) is 0 Å². The lowest BCUT2D eigenvalue weighted by Crippen LogP contribution is -2.41. The standard InChI is InChI=1S/C14H22N4O3S/c1-4-18(11-7-8-22(20,21)9-11)14(19)12-5-6-13(17-16-12)15-10(2)3/h5-6,10-11H,4,7-9H2,1-3H3,(H,15,17). The molecule has 7 nitrogen and oxygen atoms in total. The first-order valence-corrected chi connectivity index (χ1v) is 9.26. The van der Waals surface area contributed by atoms with Gasteiger partial charge in [-0.25, -0.2) is 8.42 Å². The topological polar surface area (TPSA) is 92.3 Å². The number of amides is 1. The molecule has 1 aromatic rings. The molecule has 0 bridgehead atoms. The lowest BCUT2D eigenvalue weighted by atomic mass is 10.2. The summed E-state index contributed by atoms with van der Waals surface area (Å²) in [4.78, 5) is 14.1. The van der Waals surface area contributed by atoms with Crippen LogP contribution in [0.25, 0.3) is 0 Å². The number of hydrogen-bond donors (Lipinski definition) is 1. The van der Waals surface area contributed by atoms with Crippen LogP contribution < -0.4 is 5.32 Å². The average Bonchev–Trinajstić information content (AvgIpc) is 2.80. The first kappa shape index (κ1) is 16.7. The Morgan fingerprint density at radius 1 is 1.41 bits per heavy atom. The quantitative estimate of drug-likeness (QED) is 0.866. The van der Waals surface area contributed by atoms with Gasteiger partial charge in [0.2, 0.25) is 0 Å². The molecule has 1 aromatic heterocycles. The van der Waals surface area contributed by atoms with Crippen LogP contribution >= 0.6 is 0 Å². The van der Waals surface area contributed by atoms with Crippen LogP contribution in [0.1, 0.15) is 37.7 Å². The molecule has 1 N–H and O–H groups in total. The summed E-state index contributed by atoms with van der Waals surface area (Å²) >= 11 is 0. The van der Waals surface area contributed by atoms with Crippen LogP contribution in [0, 0.1) is 0 Å². The number of nitrogens with zero attached hydrogens (tertiary/aromatic N) is 3. The summed E-state index contributed by atoms with van der Waals surface area (Å²) in [7, 11) is -3.03. The summed E-state index contributed by atoms with van der Waals surface area (Å²) in [6.45, 7) is 6.26. The molecule has 0 saturated carbocycles. The minimum Gasteiger partial charge on any atom is -0.366 e. The van der Waals surface area contributed by atoms with Crippen molar-refractivity contribution in [3.8, 4) is 0 Å². The third-order valence-electron chi connectivity index (χ3n) is 3.57. The maximum Gasteiger partial charge on any atom is 0.274 e. The van der Waals surface area contributed by atoms with E-state index in [-0.39, 0.29) is 35.2 Å². The highest BCUT2D eigenvalue weighted by Gasteiger charge is 2.34. The van der Waals surface area contributed by atoms with Crippen molar-refractivity contribution in [3.63, 3.8) is 0 Å². The Bertz CT molecular complexity index is 628. The lowest BCUT2D eigenvalue weighted by Gasteiger charge is -2.26. The highest BCUT2D eigenvalue weighted by Crippen LogP contribution is 2.19. The largest absolute Gasteiger partial charge is 0.366 e. The van der Waals surface area contributed by atoms with E-state index < -0.39 is 9.84 Å². The van der Waals surface area contributed by atoms with Crippen molar-refractivity contribution in [2.24, 2.45) is 0 Å². The van der Waals surface area contributed by atoms with E-state index in [1.807, 2.05) is 20.8 Å². The minimum atomic E-state index is -3.03. The molecule has 2 rings (SSSR count). The third-order valence-corrected chi connectivity index (χ3v) is 5.32. The van der Waals surface area contributed by atoms with Crippen molar-refractivity contribution in [3.05, 3.63) is 17.8 Å². The predicted octanol–water partition coefficient (Wildman–Crippen LogP) is 0.946. The summed E-state index contributed by atoms with van der Waals surface area (Å²) in [5, 5.41) is 11.0. The van der Waals surface area contributed by atoms with Crippen LogP contribution in [0.3, 0.4) is 0 Å². The Kier molecular flexibility index (Phi) is 5.00. The molecule has 1 atom stereocenters. The van der Waals surface area contributed by atoms with E-state index in [2.05, 4.69) is 15.5 Å². The van der Waals surface area contributed by atoms with Gasteiger partial charge in [-0.2, -0.15) is 0 Å². The molecule has 1 amide bonds. The Labute approximate surface area is 131 Å². The number of anilines is 1. The smallest absolute Gasteiger partial charge is 0.274 e. The zero-order valence-corrected chi connectivity index (χ0v) is 13.9. The molecule has 1 aliphatic heterocycles. The molecule has 1 aliphatic rings. The molecule has 0 aliphatic carbocycles. The fraction of sp³-hybridized carbons (Fsp3) is 0.643. The van der Waals surface area contributed by atoms with E-state index in [0.717, 1.165) is 0 Å². The van der Waals surface area contributed by atoms with Gasteiger partial charge in [0, 0.05) is 18.6 Å². The van der Waals surface area contributed by atoms with Crippen LogP contribution in [-0.2, 0) is 9.84 Å². The summed E-state index contributed by atoms with van der Waals surface area (Å²) in [5.74, 6) is 0.517. The van der Waals surface area contributed by atoms with Crippen molar-refractivity contribution < 1.29 is 13.2 Å². The molecule has 1 saturated heterocycles. The second-order valence-corrected chi connectivity index (χ2v) is 7.98. The van der Waals surface area contributed by atoms with E-state index >= 15 is 0 Å². The fourth-order valence-electron chi connectivity index (χ4n) is 2.56. The van der Waals surface area contributed by atoms with Gasteiger partial charge in [-0.3, -0.25) is 4.79 Å². The molecule has 2 heterocycles. The van der Waals surface area contributed by atoms with Gasteiger partial charge in [-0.1, -0.05) is 0 Å². The summed E-state index contributed by atoms with van der Waals surface area (Å²) in [6, 6.07) is 3.29. The van der Waals surface area contributed by atoms with Gasteiger partial charge in [-0.15, -0.1) is 10.2 Å². The number of rotatable bonds is 5. The van der Waals surface area contributed by atoms with Crippen LogP contribution in [0.4, 0.5) is 5.82 Å². The Balaban J connectivity index is 2.11. The first-order valence-electron chi connectivity index (χ1n) is 7.44. The summed E-state index contributed by atoms with van der Waals surface area (Å²) in [6.07, 6.45) is 0.488. The van der Waals surface area contributed by atoms with Crippen molar-refractivity contribution >= 4 is 21.6 Å². The normalized spacial score (nSPS) is 20.1. The molecule has 0 radical (unpaired) electrons. The van der Waals surface area contributed by atoms with Crippen LogP contribution in [0.5, 0.6) is 0 Å². The molecule has 22 heavy (non-hydrogen) atoms. The van der Waals surface area contributed by atoms with Gasteiger partial charge in [-0.05, 0) is 39.3 Å². The minimum absolute atomic E-state index is 0.0347. The predicted molar refractivity (Wildman–Crippen MR) is 84.6 cm³/mol. The zero-order valence-electron chi connectivity index (χ0n) is 13.1. The van der Waals surface area contributed by atoms with E-state index in [1.54, 1.807) is 17.0 Å². The van der Waals surface area contributed by atoms with E-state index in [0.29, 0.717) is 18.8 Å². The van der Waals surface area contributed by atoms with Crippen molar-refractivity contribution in [1.29, 1.82) is 0 Å². The molecule has 1 fully saturated rings. The van der Waals surface area contributed by atoms with Crippen LogP contribution in [0.15, 0.2) is 12.1 Å². The maximum absolute atomic E-state index is 12.5. The summed E-state index contributed by atoms with van der Waals surface area (Å²) < 4.78 is 23.2. The monoisotopic (exact) mass is 326 g/mol. The van der Waals surface area contributed by atoms with Gasteiger partial charge in [0.1, 0.15) is 5.82 Å². The average molecular weight is 326 g/mol. The molecule has 1 unspecified atom stereocenters. The maximum atomic E-state index is 12.5. The van der Waals surface area contributed by atoms with Gasteiger partial charge >= 0.3 is 0 Å². The number of carbonyl (C=O) groups is 1. The number of carbonyl (C=O) groups excluding carboxylic acids is 1. The molecular formula is C14H22N4O3S. The molecular weight excluding hydrogens is 304 g/mol. The number of sulfone groups is 1. The van der Waals surface area contributed by atoms with E-state index in [1.165, 1.54) is 0 Å². The molecule has 0 spiro atoms. The molecule has 0 aromatic carbocycles. The molecule has 8 heteroatoms. The lowest BCUT2D eigenvalue weighted by molar-refractivity contribution is 0.0701. The van der Waals surface area contributed by atoms with Gasteiger partial charge < -0.3 is 10.2 Å². The first-order chi connectivity index (χ1) is 10.3. The zero-order chi connectivity index (χ0) is 16.3. The number of aromatic nitrogens is 2. The van der Waals surface area contributed by atoms with Crippen molar-refractivity contribution in [2.75, 3.05) is 23.4 Å². The second-order valence-electron chi connectivity index (χ2n) is 5.75. The van der Waals surface area contributed by atoms with Crippen LogP contribution in [-0.4, -0.2) is 59.6 Å². The highest BCUT2D eigenvalue weighted by atomic mass is 32.2. The van der Waals surface area contributed by atoms with Gasteiger partial charge in [0.25, 0.3) is 5.91 Å². The van der Waals surface area contributed by atoms with E-state index in [4.69, 9.17) is 0 Å². The van der Waals surface area contributed by atoms with Crippen molar-refractivity contribution in [2.45, 2.75) is 39.3 Å². The molecule has 122 valence electrons. The fourth-order valence-corrected chi connectivity index (χ4v) is 4.29. The Morgan fingerprint density at radius 2 is 2.14 bits per heavy atom. The Hall–Kier alpha value is -1.70. The number of hydrogen-bond acceptors (Lipinski definition) is 6. The third kappa shape index (κ3) is 3.94. The highest BCUT2D eigenvalue weighted by molar-refractivity contribution is 7.91. The second kappa shape index (κ2) is 6.60. The van der Waals surface area contributed by atoms with Gasteiger partial charge in [0.05, 0.1) is 11.5 Å². The summed E-state index contributed by atoms with van der Waals surface area (Å²) in [5.41, 5.74) is 0.237. The SMILES string of the molecule is CCN(C(=O)c1ccc(NC(C)C)nn1)C1CCS(=O)(=O)C1. The Morgan fingerprint density at radius 3 is 2.59 bits per heavy atom. The number of nitrogens with one attached hydrogen (secondary N) is 1. The van der Waals surface area contributed by atoms with Crippen molar-refractivity contribution in [1.82, 2.24) is 15.1 Å². The van der Waals surface area contributed by atoms with Gasteiger partial charge in [0.15, 0.2) is 15.5 Å².